The van der Waals surface area contributed by atoms with Crippen LogP contribution in [0.2, 0.25) is 0 Å². The van der Waals surface area contributed by atoms with E-state index < -0.39 is 0 Å². The van der Waals surface area contributed by atoms with Gasteiger partial charge in [-0.05, 0) is 64.7 Å². The van der Waals surface area contributed by atoms with Crippen LogP contribution < -0.4 is 0 Å². The molecule has 0 amide bonds. The monoisotopic (exact) mass is 682 g/mol. The molecule has 0 radical (unpaired) electrons. The van der Waals surface area contributed by atoms with E-state index in [9.17, 15) is 0 Å². The van der Waals surface area contributed by atoms with Gasteiger partial charge in [-0.25, -0.2) is 4.98 Å². The summed E-state index contributed by atoms with van der Waals surface area (Å²) in [5.41, 5.74) is 11.4. The van der Waals surface area contributed by atoms with E-state index in [1.165, 1.54) is 69.2 Å². The van der Waals surface area contributed by atoms with Crippen molar-refractivity contribution in [1.82, 2.24) is 9.55 Å². The Morgan fingerprint density at radius 2 is 1.23 bits per heavy atom. The molecule has 12 aromatic rings. The summed E-state index contributed by atoms with van der Waals surface area (Å²) in [5.74, 6) is 0.944. The molecular formula is C47H26N2O2S. The summed E-state index contributed by atoms with van der Waals surface area (Å²) in [4.78, 5) is 5.77. The predicted molar refractivity (Wildman–Crippen MR) is 217 cm³/mol. The highest BCUT2D eigenvalue weighted by atomic mass is 32.1. The minimum Gasteiger partial charge on any atom is -0.456 e. The molecule has 5 heterocycles. The van der Waals surface area contributed by atoms with E-state index in [2.05, 4.69) is 139 Å². The number of furan rings is 2. The maximum Gasteiger partial charge on any atom is 0.162 e. The fraction of sp³-hybridized carbons (Fsp3) is 0.0426. The van der Waals surface area contributed by atoms with Crippen LogP contribution in [0.4, 0.5) is 0 Å². The van der Waals surface area contributed by atoms with Crippen molar-refractivity contribution in [3.63, 3.8) is 0 Å². The van der Waals surface area contributed by atoms with Gasteiger partial charge in [0.05, 0.1) is 11.0 Å². The van der Waals surface area contributed by atoms with Gasteiger partial charge in [-0.1, -0.05) is 97.9 Å². The van der Waals surface area contributed by atoms with E-state index in [0.717, 1.165) is 67.6 Å². The first-order chi connectivity index (χ1) is 25.8. The summed E-state index contributed by atoms with van der Waals surface area (Å²) < 4.78 is 18.3. The number of aromatic nitrogens is 2. The highest BCUT2D eigenvalue weighted by Gasteiger charge is 2.29. The zero-order valence-corrected chi connectivity index (χ0v) is 28.8. The minimum absolute atomic E-state index is 0.788. The maximum absolute atomic E-state index is 6.83. The van der Waals surface area contributed by atoms with Crippen molar-refractivity contribution in [2.45, 2.75) is 13.3 Å². The first-order valence-electron chi connectivity index (χ1n) is 17.9. The summed E-state index contributed by atoms with van der Waals surface area (Å²) in [7, 11) is 0. The molecule has 5 aromatic heterocycles. The molecule has 0 N–H and O–H groups in total. The second-order valence-electron chi connectivity index (χ2n) is 14.0. The van der Waals surface area contributed by atoms with Crippen LogP contribution in [0.15, 0.2) is 136 Å². The van der Waals surface area contributed by atoms with Crippen LogP contribution in [-0.4, -0.2) is 9.55 Å². The number of fused-ring (bicyclic) bond motifs is 7. The second-order valence-corrected chi connectivity index (χ2v) is 15.1. The average Bonchev–Trinajstić information content (AvgIpc) is 3.93. The molecule has 7 aromatic carbocycles. The van der Waals surface area contributed by atoms with E-state index >= 15 is 0 Å². The third-order valence-electron chi connectivity index (χ3n) is 11.5. The number of rotatable bonds is 3. The number of thiophene rings is 1. The van der Waals surface area contributed by atoms with Crippen molar-refractivity contribution in [2.75, 3.05) is 0 Å². The number of aryl methyl sites for hydroxylation is 1. The molecule has 0 bridgehead atoms. The smallest absolute Gasteiger partial charge is 0.162 e. The normalized spacial score (nSPS) is 12.8. The molecule has 0 fully saturated rings. The van der Waals surface area contributed by atoms with Gasteiger partial charge in [-0.2, -0.15) is 0 Å². The number of pyridine rings is 1. The van der Waals surface area contributed by atoms with Crippen LogP contribution >= 0.6 is 11.3 Å². The third-order valence-corrected chi connectivity index (χ3v) is 12.7. The van der Waals surface area contributed by atoms with E-state index in [-0.39, 0.29) is 0 Å². The summed E-state index contributed by atoms with van der Waals surface area (Å²) in [6, 6.07) is 45.9. The lowest BCUT2D eigenvalue weighted by atomic mass is 9.95. The third kappa shape index (κ3) is 3.18. The number of para-hydroxylation sites is 1. The van der Waals surface area contributed by atoms with Crippen LogP contribution in [-0.2, 0) is 6.42 Å². The van der Waals surface area contributed by atoms with E-state index in [0.29, 0.717) is 0 Å². The molecule has 13 rings (SSSR count). The lowest BCUT2D eigenvalue weighted by molar-refractivity contribution is 0.667. The van der Waals surface area contributed by atoms with Crippen molar-refractivity contribution in [3.05, 3.63) is 133 Å². The van der Waals surface area contributed by atoms with Gasteiger partial charge in [0.1, 0.15) is 28.3 Å². The van der Waals surface area contributed by atoms with Crippen LogP contribution in [0.1, 0.15) is 12.5 Å². The number of hydrogen-bond donors (Lipinski definition) is 0. The minimum atomic E-state index is 0.788. The van der Waals surface area contributed by atoms with Crippen molar-refractivity contribution in [2.24, 2.45) is 0 Å². The number of nitrogens with zero attached hydrogens (tertiary/aromatic N) is 2. The zero-order chi connectivity index (χ0) is 33.8. The quantitative estimate of drug-likeness (QED) is 0.186. The SMILES string of the molecule is CCc1c(-n2c3ccc4cccc5c4c3c3c4c(ccc32)oc2cccc-5c24)nc(-c2cccc3c2sc2ccccc23)c2oc3ccccc3c12. The van der Waals surface area contributed by atoms with Gasteiger partial charge >= 0.3 is 0 Å². The Morgan fingerprint density at radius 3 is 2.13 bits per heavy atom. The molecular weight excluding hydrogens is 657 g/mol. The Bertz CT molecular complexity index is 3570. The van der Waals surface area contributed by atoms with Gasteiger partial charge in [-0.15, -0.1) is 11.3 Å². The average molecular weight is 683 g/mol. The van der Waals surface area contributed by atoms with Crippen molar-refractivity contribution in [3.8, 4) is 28.2 Å². The zero-order valence-electron chi connectivity index (χ0n) is 28.0. The molecule has 5 heteroatoms. The number of benzene rings is 7. The first kappa shape index (κ1) is 27.3. The fourth-order valence-corrected chi connectivity index (χ4v) is 10.7. The van der Waals surface area contributed by atoms with Gasteiger partial charge in [0.25, 0.3) is 0 Å². The molecule has 0 unspecified atom stereocenters. The molecule has 0 aliphatic heterocycles. The number of hydrogen-bond acceptors (Lipinski definition) is 4. The molecule has 242 valence electrons. The van der Waals surface area contributed by atoms with E-state index in [1.54, 1.807) is 0 Å². The van der Waals surface area contributed by atoms with Gasteiger partial charge in [0.2, 0.25) is 0 Å². The lowest BCUT2D eigenvalue weighted by Crippen LogP contribution is -2.05. The topological polar surface area (TPSA) is 44.1 Å². The van der Waals surface area contributed by atoms with Crippen LogP contribution in [0.25, 0.3) is 125 Å². The first-order valence-corrected chi connectivity index (χ1v) is 18.7. The van der Waals surface area contributed by atoms with Crippen molar-refractivity contribution < 1.29 is 8.83 Å². The van der Waals surface area contributed by atoms with Gasteiger partial charge in [0, 0.05) is 63.6 Å². The summed E-state index contributed by atoms with van der Waals surface area (Å²) in [6.45, 7) is 2.24. The second kappa shape index (κ2) is 9.46. The van der Waals surface area contributed by atoms with Crippen LogP contribution in [0.5, 0.6) is 0 Å². The standard InChI is InChI=1S/C47H26N2O2S/c1-2-25-39-30-12-3-5-17-34(30)51-45(39)44(31-16-8-15-29-26-11-4-6-19-37(26)52-46(29)31)48-47(25)49-32-21-20-24-10-7-13-27-28-14-9-18-35-40(28)43-36(50-35)23-22-33(49)42(43)41(32)38(24)27/h3-23H,2H2,1H3. The Morgan fingerprint density at radius 1 is 0.538 bits per heavy atom. The Hall–Kier alpha value is -6.43. The summed E-state index contributed by atoms with van der Waals surface area (Å²) >= 11 is 1.83. The van der Waals surface area contributed by atoms with Crippen molar-refractivity contribution in [1.29, 1.82) is 0 Å². The van der Waals surface area contributed by atoms with Crippen LogP contribution in [0, 0.1) is 0 Å². The molecule has 0 spiro atoms. The molecule has 0 saturated carbocycles. The van der Waals surface area contributed by atoms with Gasteiger partial charge in [-0.3, -0.25) is 4.57 Å². The van der Waals surface area contributed by atoms with Gasteiger partial charge < -0.3 is 8.83 Å². The van der Waals surface area contributed by atoms with E-state index in [1.807, 2.05) is 11.3 Å². The fourth-order valence-electron chi connectivity index (χ4n) is 9.44. The predicted octanol–water partition coefficient (Wildman–Crippen LogP) is 13.7. The Balaban J connectivity index is 1.26. The molecule has 1 aliphatic carbocycles. The Kier molecular flexibility index (Phi) is 4.97. The maximum atomic E-state index is 6.83. The molecule has 52 heavy (non-hydrogen) atoms. The van der Waals surface area contributed by atoms with Gasteiger partial charge in [0.15, 0.2) is 5.58 Å². The Labute approximate surface area is 299 Å². The molecule has 0 atom stereocenters. The molecule has 1 aliphatic rings. The van der Waals surface area contributed by atoms with E-state index in [4.69, 9.17) is 13.8 Å². The van der Waals surface area contributed by atoms with Crippen LogP contribution in [0.3, 0.4) is 0 Å². The highest BCUT2D eigenvalue weighted by molar-refractivity contribution is 7.26. The highest BCUT2D eigenvalue weighted by Crippen LogP contribution is 2.52. The largest absolute Gasteiger partial charge is 0.456 e. The summed E-state index contributed by atoms with van der Waals surface area (Å²) in [6.07, 6.45) is 0.788. The lowest BCUT2D eigenvalue weighted by Gasteiger charge is -2.16. The molecule has 4 nitrogen and oxygen atoms in total. The van der Waals surface area contributed by atoms with Crippen molar-refractivity contribution >= 4 is 108 Å². The summed E-state index contributed by atoms with van der Waals surface area (Å²) in [5, 5.41) is 12.1. The molecule has 0 saturated heterocycles.